The molecule has 0 bridgehead atoms. The van der Waals surface area contributed by atoms with E-state index in [2.05, 4.69) is 16.9 Å². The largest absolute Gasteiger partial charge is 0.397 e. The Morgan fingerprint density at radius 1 is 1.50 bits per heavy atom. The zero-order valence-corrected chi connectivity index (χ0v) is 6.86. The van der Waals surface area contributed by atoms with Crippen LogP contribution in [0.5, 0.6) is 0 Å². The summed E-state index contributed by atoms with van der Waals surface area (Å²) in [6, 6.07) is 1.89. The highest BCUT2D eigenvalue weighted by molar-refractivity contribution is 5.74. The van der Waals surface area contributed by atoms with Crippen LogP contribution in [0.15, 0.2) is 18.6 Å². The van der Waals surface area contributed by atoms with Crippen LogP contribution < -0.4 is 5.73 Å². The second-order valence-electron chi connectivity index (χ2n) is 2.64. The Labute approximate surface area is 70.0 Å². The molecule has 0 aromatic carbocycles. The Bertz CT molecular complexity index is 404. The quantitative estimate of drug-likeness (QED) is 0.681. The fraction of sp³-hybridized carbons (Fsp3) is 0.250. The Hall–Kier alpha value is -1.58. The van der Waals surface area contributed by atoms with Crippen molar-refractivity contribution < 1.29 is 0 Å². The fourth-order valence-electron chi connectivity index (χ4n) is 1.21. The van der Waals surface area contributed by atoms with Crippen LogP contribution in [0, 0.1) is 0 Å². The van der Waals surface area contributed by atoms with E-state index in [9.17, 15) is 0 Å². The van der Waals surface area contributed by atoms with Gasteiger partial charge < -0.3 is 10.3 Å². The molecular formula is C8H10N4. The molecule has 0 spiro atoms. The van der Waals surface area contributed by atoms with Crippen LogP contribution in [0.2, 0.25) is 0 Å². The lowest BCUT2D eigenvalue weighted by molar-refractivity contribution is 0.787. The van der Waals surface area contributed by atoms with Gasteiger partial charge in [0.05, 0.1) is 23.7 Å². The topological polar surface area (TPSA) is 56.7 Å². The number of pyridine rings is 1. The van der Waals surface area contributed by atoms with E-state index in [1.165, 1.54) is 0 Å². The van der Waals surface area contributed by atoms with E-state index < -0.39 is 0 Å². The molecule has 2 rings (SSSR count). The molecule has 2 aromatic heterocycles. The summed E-state index contributed by atoms with van der Waals surface area (Å²) in [7, 11) is 0. The monoisotopic (exact) mass is 162 g/mol. The van der Waals surface area contributed by atoms with Crippen molar-refractivity contribution in [3.63, 3.8) is 0 Å². The first-order chi connectivity index (χ1) is 5.81. The van der Waals surface area contributed by atoms with Crippen molar-refractivity contribution in [3.8, 4) is 0 Å². The van der Waals surface area contributed by atoms with Crippen LogP contribution in [0.25, 0.3) is 11.2 Å². The molecule has 0 saturated carbocycles. The van der Waals surface area contributed by atoms with Crippen molar-refractivity contribution in [2.75, 3.05) is 5.73 Å². The number of hydrogen-bond donors (Lipinski definition) is 1. The second kappa shape index (κ2) is 2.48. The lowest BCUT2D eigenvalue weighted by Crippen LogP contribution is -1.93. The van der Waals surface area contributed by atoms with Gasteiger partial charge in [-0.05, 0) is 13.0 Å². The smallest absolute Gasteiger partial charge is 0.177 e. The summed E-state index contributed by atoms with van der Waals surface area (Å²) < 4.78 is 2.01. The number of imidazole rings is 1. The van der Waals surface area contributed by atoms with Gasteiger partial charge in [-0.2, -0.15) is 0 Å². The molecule has 0 amide bonds. The highest BCUT2D eigenvalue weighted by atomic mass is 15.1. The lowest BCUT2D eigenvalue weighted by atomic mass is 10.4. The highest BCUT2D eigenvalue weighted by Gasteiger charge is 2.01. The minimum absolute atomic E-state index is 0.678. The van der Waals surface area contributed by atoms with Crippen LogP contribution in [-0.2, 0) is 6.54 Å². The van der Waals surface area contributed by atoms with E-state index >= 15 is 0 Å². The van der Waals surface area contributed by atoms with Crippen molar-refractivity contribution in [1.29, 1.82) is 0 Å². The van der Waals surface area contributed by atoms with Gasteiger partial charge >= 0.3 is 0 Å². The molecule has 0 unspecified atom stereocenters. The molecule has 0 fully saturated rings. The molecule has 0 aliphatic rings. The van der Waals surface area contributed by atoms with Gasteiger partial charge in [0.1, 0.15) is 0 Å². The Kier molecular flexibility index (Phi) is 1.46. The molecule has 0 saturated heterocycles. The minimum Gasteiger partial charge on any atom is -0.397 e. The molecule has 0 atom stereocenters. The number of aryl methyl sites for hydroxylation is 1. The van der Waals surface area contributed by atoms with Gasteiger partial charge in [0.25, 0.3) is 0 Å². The SMILES string of the molecule is CCn1cnc2ncc(N)cc21. The maximum Gasteiger partial charge on any atom is 0.177 e. The van der Waals surface area contributed by atoms with Gasteiger partial charge in [0, 0.05) is 6.54 Å². The predicted molar refractivity (Wildman–Crippen MR) is 47.6 cm³/mol. The van der Waals surface area contributed by atoms with Gasteiger partial charge in [-0.1, -0.05) is 0 Å². The zero-order chi connectivity index (χ0) is 8.55. The van der Waals surface area contributed by atoms with Crippen LogP contribution in [-0.4, -0.2) is 14.5 Å². The lowest BCUT2D eigenvalue weighted by Gasteiger charge is -1.97. The van der Waals surface area contributed by atoms with Gasteiger partial charge in [0.2, 0.25) is 0 Å². The first-order valence-electron chi connectivity index (χ1n) is 3.87. The molecule has 2 N–H and O–H groups in total. The van der Waals surface area contributed by atoms with Gasteiger partial charge in [0.15, 0.2) is 5.65 Å². The van der Waals surface area contributed by atoms with Crippen LogP contribution in [0.1, 0.15) is 6.92 Å². The van der Waals surface area contributed by atoms with E-state index in [0.29, 0.717) is 5.69 Å². The average Bonchev–Trinajstić information content (AvgIpc) is 2.46. The number of nitrogens with zero attached hydrogens (tertiary/aromatic N) is 3. The molecule has 12 heavy (non-hydrogen) atoms. The number of hydrogen-bond acceptors (Lipinski definition) is 3. The normalized spacial score (nSPS) is 10.8. The van der Waals surface area contributed by atoms with E-state index in [4.69, 9.17) is 5.73 Å². The summed E-state index contributed by atoms with van der Waals surface area (Å²) >= 11 is 0. The van der Waals surface area contributed by atoms with Crippen LogP contribution in [0.3, 0.4) is 0 Å². The molecule has 62 valence electrons. The molecule has 4 nitrogen and oxygen atoms in total. The molecule has 0 aliphatic heterocycles. The number of anilines is 1. The zero-order valence-electron chi connectivity index (χ0n) is 6.86. The summed E-state index contributed by atoms with van der Waals surface area (Å²) in [6.45, 7) is 2.95. The average molecular weight is 162 g/mol. The maximum atomic E-state index is 5.60. The molecule has 4 heteroatoms. The summed E-state index contributed by atoms with van der Waals surface area (Å²) in [6.07, 6.45) is 3.40. The van der Waals surface area contributed by atoms with Crippen LogP contribution in [0.4, 0.5) is 5.69 Å². The number of rotatable bonds is 1. The third-order valence-corrected chi connectivity index (χ3v) is 1.84. The van der Waals surface area contributed by atoms with E-state index in [-0.39, 0.29) is 0 Å². The molecule has 0 aliphatic carbocycles. The third-order valence-electron chi connectivity index (χ3n) is 1.84. The first kappa shape index (κ1) is 7.09. The van der Waals surface area contributed by atoms with E-state index in [0.717, 1.165) is 17.7 Å². The van der Waals surface area contributed by atoms with E-state index in [1.807, 2.05) is 10.6 Å². The van der Waals surface area contributed by atoms with Gasteiger partial charge in [-0.25, -0.2) is 9.97 Å². The van der Waals surface area contributed by atoms with Crippen LogP contribution >= 0.6 is 0 Å². The Balaban J connectivity index is 2.75. The Morgan fingerprint density at radius 3 is 3.08 bits per heavy atom. The Morgan fingerprint density at radius 2 is 2.33 bits per heavy atom. The maximum absolute atomic E-state index is 5.60. The van der Waals surface area contributed by atoms with E-state index in [1.54, 1.807) is 12.5 Å². The standard InChI is InChI=1S/C8H10N4/c1-2-12-5-11-8-7(12)3-6(9)4-10-8/h3-5H,2,9H2,1H3. The summed E-state index contributed by atoms with van der Waals surface area (Å²) in [5.74, 6) is 0. The highest BCUT2D eigenvalue weighted by Crippen LogP contribution is 2.12. The molecule has 2 heterocycles. The number of nitrogens with two attached hydrogens (primary N) is 1. The summed E-state index contributed by atoms with van der Waals surface area (Å²) in [4.78, 5) is 8.22. The fourth-order valence-corrected chi connectivity index (χ4v) is 1.21. The predicted octanol–water partition coefficient (Wildman–Crippen LogP) is 1.03. The second-order valence-corrected chi connectivity index (χ2v) is 2.64. The van der Waals surface area contributed by atoms with Gasteiger partial charge in [-0.15, -0.1) is 0 Å². The van der Waals surface area contributed by atoms with Gasteiger partial charge in [-0.3, -0.25) is 0 Å². The van der Waals surface area contributed by atoms with Crippen molar-refractivity contribution in [2.45, 2.75) is 13.5 Å². The molecular weight excluding hydrogens is 152 g/mol. The molecule has 2 aromatic rings. The summed E-state index contributed by atoms with van der Waals surface area (Å²) in [5.41, 5.74) is 8.03. The number of nitrogen functional groups attached to an aromatic ring is 1. The van der Waals surface area contributed by atoms with Crippen molar-refractivity contribution in [1.82, 2.24) is 14.5 Å². The van der Waals surface area contributed by atoms with Crippen molar-refractivity contribution in [2.24, 2.45) is 0 Å². The summed E-state index contributed by atoms with van der Waals surface area (Å²) in [5, 5.41) is 0. The minimum atomic E-state index is 0.678. The van der Waals surface area contributed by atoms with Crippen molar-refractivity contribution >= 4 is 16.9 Å². The number of fused-ring (bicyclic) bond motifs is 1. The van der Waals surface area contributed by atoms with Crippen molar-refractivity contribution in [3.05, 3.63) is 18.6 Å². The molecule has 0 radical (unpaired) electrons. The number of aromatic nitrogens is 3. The third kappa shape index (κ3) is 0.922. The first-order valence-corrected chi connectivity index (χ1v) is 3.87.